The molecule has 0 saturated heterocycles. The smallest absolute Gasteiger partial charge is 0.282 e. The Labute approximate surface area is 177 Å². The molecule has 0 fully saturated rings. The molecule has 158 valence electrons. The van der Waals surface area contributed by atoms with E-state index in [0.29, 0.717) is 16.2 Å². The molecule has 0 spiro atoms. The molecule has 0 aliphatic heterocycles. The molecule has 30 heavy (non-hydrogen) atoms. The van der Waals surface area contributed by atoms with E-state index >= 15 is 0 Å². The van der Waals surface area contributed by atoms with Crippen LogP contribution in [-0.4, -0.2) is 25.9 Å². The van der Waals surface area contributed by atoms with Crippen LogP contribution in [0.25, 0.3) is 0 Å². The highest BCUT2D eigenvalue weighted by Crippen LogP contribution is 2.38. The van der Waals surface area contributed by atoms with Crippen molar-refractivity contribution in [1.82, 2.24) is 0 Å². The summed E-state index contributed by atoms with van der Waals surface area (Å²) in [4.78, 5) is -0.419. The fourth-order valence-electron chi connectivity index (χ4n) is 3.32. The maximum Gasteiger partial charge on any atom is 0.294 e. The lowest BCUT2D eigenvalue weighted by molar-refractivity contribution is 0.480. The molecule has 1 unspecified atom stereocenters. The number of rotatable bonds is 5. The van der Waals surface area contributed by atoms with E-state index in [1.807, 2.05) is 38.1 Å². The molecular formula is C21H21O6PS2. The fourth-order valence-corrected chi connectivity index (χ4v) is 7.56. The molecule has 0 radical (unpaired) electrons. The summed E-state index contributed by atoms with van der Waals surface area (Å²) in [5.41, 5.74) is 2.15. The van der Waals surface area contributed by atoms with E-state index in [-0.39, 0.29) is 9.79 Å². The average molecular weight is 465 g/mol. The van der Waals surface area contributed by atoms with Crippen LogP contribution in [0, 0.1) is 20.8 Å². The summed E-state index contributed by atoms with van der Waals surface area (Å²) < 4.78 is 66.5. The predicted molar refractivity (Wildman–Crippen MR) is 119 cm³/mol. The van der Waals surface area contributed by atoms with Crippen LogP contribution in [0.4, 0.5) is 0 Å². The quantitative estimate of drug-likeness (QED) is 0.444. The van der Waals surface area contributed by atoms with Crippen molar-refractivity contribution < 1.29 is 25.9 Å². The third kappa shape index (κ3) is 4.48. The molecule has 0 amide bonds. The van der Waals surface area contributed by atoms with Gasteiger partial charge in [-0.1, -0.05) is 42.5 Å². The molecule has 9 heteroatoms. The summed E-state index contributed by atoms with van der Waals surface area (Å²) in [5.74, 6) is 0. The first-order chi connectivity index (χ1) is 13.9. The van der Waals surface area contributed by atoms with Gasteiger partial charge in [0.05, 0.1) is 9.79 Å². The first-order valence-electron chi connectivity index (χ1n) is 8.92. The van der Waals surface area contributed by atoms with Crippen LogP contribution in [0.1, 0.15) is 16.7 Å². The zero-order valence-corrected chi connectivity index (χ0v) is 19.1. The maximum absolute atomic E-state index is 11.9. The minimum atomic E-state index is -4.43. The van der Waals surface area contributed by atoms with E-state index in [1.54, 1.807) is 25.1 Å². The second-order valence-corrected chi connectivity index (χ2v) is 11.8. The summed E-state index contributed by atoms with van der Waals surface area (Å²) in [7, 11) is -10.2. The summed E-state index contributed by atoms with van der Waals surface area (Å²) in [5, 5.41) is 2.26. The zero-order valence-electron chi connectivity index (χ0n) is 16.6. The van der Waals surface area contributed by atoms with Crippen LogP contribution in [0.15, 0.2) is 70.5 Å². The molecule has 3 rings (SSSR count). The molecule has 3 aromatic carbocycles. The van der Waals surface area contributed by atoms with E-state index in [1.165, 1.54) is 18.2 Å². The Morgan fingerprint density at radius 1 is 0.667 bits per heavy atom. The molecule has 0 bridgehead atoms. The van der Waals surface area contributed by atoms with E-state index in [4.69, 9.17) is 0 Å². The van der Waals surface area contributed by atoms with E-state index in [9.17, 15) is 25.9 Å². The lowest BCUT2D eigenvalue weighted by Gasteiger charge is -2.25. The summed E-state index contributed by atoms with van der Waals surface area (Å²) >= 11 is 0. The highest BCUT2D eigenvalue weighted by molar-refractivity contribution is 7.86. The SMILES string of the molecule is Cc1ccccc1P(c1cc(S(=O)(=O)O)ccc1C)c1cccc(S(=O)(=O)O)c1C. The van der Waals surface area contributed by atoms with Crippen molar-refractivity contribution in [3.8, 4) is 0 Å². The second-order valence-electron chi connectivity index (χ2n) is 6.92. The van der Waals surface area contributed by atoms with Gasteiger partial charge in [-0.3, -0.25) is 9.11 Å². The van der Waals surface area contributed by atoms with Crippen LogP contribution in [0.3, 0.4) is 0 Å². The molecule has 0 aliphatic rings. The molecule has 1 atom stereocenters. The van der Waals surface area contributed by atoms with Gasteiger partial charge in [-0.25, -0.2) is 0 Å². The Kier molecular flexibility index (Phi) is 6.18. The summed E-state index contributed by atoms with van der Waals surface area (Å²) in [6.45, 7) is 5.38. The zero-order chi connectivity index (χ0) is 22.3. The Bertz CT molecular complexity index is 1330. The first-order valence-corrected chi connectivity index (χ1v) is 13.1. The molecule has 6 nitrogen and oxygen atoms in total. The van der Waals surface area contributed by atoms with Crippen LogP contribution >= 0.6 is 7.92 Å². The standard InChI is InChI=1S/C21H21O6PS2/c1-14-7-4-5-8-18(14)28(19-9-6-10-21(16(19)3)30(25,26)27)20-13-17(29(22,23)24)12-11-15(20)2/h4-13H,1-3H3,(H,22,23,24)(H,25,26,27). The van der Waals surface area contributed by atoms with Gasteiger partial charge in [-0.15, -0.1) is 0 Å². The topological polar surface area (TPSA) is 109 Å². The minimum absolute atomic E-state index is 0.190. The Balaban J connectivity index is 2.41. The number of hydrogen-bond acceptors (Lipinski definition) is 4. The summed E-state index contributed by atoms with van der Waals surface area (Å²) in [6, 6.07) is 16.6. The number of benzene rings is 3. The van der Waals surface area contributed by atoms with Crippen molar-refractivity contribution in [1.29, 1.82) is 0 Å². The monoisotopic (exact) mass is 464 g/mol. The lowest BCUT2D eigenvalue weighted by atomic mass is 10.2. The molecule has 0 saturated carbocycles. The average Bonchev–Trinajstić information content (AvgIpc) is 2.64. The van der Waals surface area contributed by atoms with E-state index in [0.717, 1.165) is 16.4 Å². The van der Waals surface area contributed by atoms with Crippen LogP contribution in [0.5, 0.6) is 0 Å². The normalized spacial score (nSPS) is 13.2. The van der Waals surface area contributed by atoms with Gasteiger partial charge in [0.2, 0.25) is 0 Å². The van der Waals surface area contributed by atoms with E-state index < -0.39 is 28.2 Å². The minimum Gasteiger partial charge on any atom is -0.282 e. The Hall–Kier alpha value is -2.09. The van der Waals surface area contributed by atoms with Crippen molar-refractivity contribution in [2.24, 2.45) is 0 Å². The van der Waals surface area contributed by atoms with Crippen LogP contribution in [0.2, 0.25) is 0 Å². The number of aryl methyl sites for hydroxylation is 2. The van der Waals surface area contributed by atoms with E-state index in [2.05, 4.69) is 0 Å². The Morgan fingerprint density at radius 3 is 1.87 bits per heavy atom. The molecule has 0 heterocycles. The van der Waals surface area contributed by atoms with Gasteiger partial charge in [0.15, 0.2) is 0 Å². The van der Waals surface area contributed by atoms with Crippen molar-refractivity contribution in [3.05, 3.63) is 77.4 Å². The molecule has 0 aliphatic carbocycles. The van der Waals surface area contributed by atoms with Crippen LogP contribution in [-0.2, 0) is 20.2 Å². The first kappa shape index (κ1) is 22.6. The van der Waals surface area contributed by atoms with Crippen LogP contribution < -0.4 is 15.9 Å². The maximum atomic E-state index is 11.9. The highest BCUT2D eigenvalue weighted by Gasteiger charge is 2.26. The third-order valence-electron chi connectivity index (χ3n) is 4.85. The van der Waals surface area contributed by atoms with Gasteiger partial charge in [0, 0.05) is 0 Å². The molecule has 0 aromatic heterocycles. The van der Waals surface area contributed by atoms with Gasteiger partial charge >= 0.3 is 0 Å². The molecule has 2 N–H and O–H groups in total. The number of hydrogen-bond donors (Lipinski definition) is 2. The summed E-state index contributed by atoms with van der Waals surface area (Å²) in [6.07, 6.45) is 0. The third-order valence-corrected chi connectivity index (χ3v) is 9.61. The highest BCUT2D eigenvalue weighted by atomic mass is 32.2. The van der Waals surface area contributed by atoms with Crippen molar-refractivity contribution in [2.45, 2.75) is 30.6 Å². The van der Waals surface area contributed by atoms with Crippen molar-refractivity contribution >= 4 is 44.1 Å². The second kappa shape index (κ2) is 8.21. The molecule has 3 aromatic rings. The van der Waals surface area contributed by atoms with Crippen molar-refractivity contribution in [3.63, 3.8) is 0 Å². The lowest BCUT2D eigenvalue weighted by Crippen LogP contribution is -2.27. The van der Waals surface area contributed by atoms with Gasteiger partial charge in [0.25, 0.3) is 20.2 Å². The van der Waals surface area contributed by atoms with Crippen molar-refractivity contribution in [2.75, 3.05) is 0 Å². The van der Waals surface area contributed by atoms with Gasteiger partial charge < -0.3 is 0 Å². The fraction of sp³-hybridized carbons (Fsp3) is 0.143. The van der Waals surface area contributed by atoms with Gasteiger partial charge in [-0.2, -0.15) is 16.8 Å². The van der Waals surface area contributed by atoms with Gasteiger partial charge in [0.1, 0.15) is 0 Å². The largest absolute Gasteiger partial charge is 0.294 e. The predicted octanol–water partition coefficient (Wildman–Crippen LogP) is 2.86. The van der Waals surface area contributed by atoms with Gasteiger partial charge in [-0.05, 0) is 79.5 Å². The molecular weight excluding hydrogens is 443 g/mol. The Morgan fingerprint density at radius 2 is 1.27 bits per heavy atom.